The number of aryl methyl sites for hydroxylation is 1. The minimum Gasteiger partial charge on any atom is -0.496 e. The highest BCUT2D eigenvalue weighted by atomic mass is 79.9. The van der Waals surface area contributed by atoms with Crippen LogP contribution in [0.25, 0.3) is 11.3 Å². The number of rotatable bonds is 5. The molecule has 0 saturated carbocycles. The van der Waals surface area contributed by atoms with Crippen molar-refractivity contribution in [2.75, 3.05) is 7.11 Å². The normalized spacial score (nSPS) is 10.6. The second-order valence-electron chi connectivity index (χ2n) is 4.32. The van der Waals surface area contributed by atoms with Crippen molar-refractivity contribution in [2.45, 2.75) is 19.8 Å². The lowest BCUT2D eigenvalue weighted by atomic mass is 10.0. The van der Waals surface area contributed by atoms with Crippen LogP contribution in [-0.4, -0.2) is 28.4 Å². The lowest BCUT2D eigenvalue weighted by molar-refractivity contribution is -0.136. The molecule has 0 aliphatic heterocycles. The summed E-state index contributed by atoms with van der Waals surface area (Å²) in [5.74, 6) is -0.0569. The molecule has 0 aliphatic rings. The number of carbonyl (C=O) groups is 1. The number of nitrogens with zero attached hydrogens (tertiary/aromatic N) is 1. The standard InChI is InChI=1S/C14H15BrN2O3/c1-3-8-6-9(4-5-11(8)20-2)14-13(15)10(16-17-14)7-12(18)19/h4-6H,3,7H2,1-2H3,(H,16,17)(H,18,19). The quantitative estimate of drug-likeness (QED) is 0.878. The molecular weight excluding hydrogens is 324 g/mol. The number of hydrogen-bond acceptors (Lipinski definition) is 3. The lowest BCUT2D eigenvalue weighted by Crippen LogP contribution is -2.00. The van der Waals surface area contributed by atoms with Crippen molar-refractivity contribution in [2.24, 2.45) is 0 Å². The van der Waals surface area contributed by atoms with Gasteiger partial charge in [-0.25, -0.2) is 0 Å². The Labute approximate surface area is 125 Å². The number of carboxylic acids is 1. The summed E-state index contributed by atoms with van der Waals surface area (Å²) in [7, 11) is 1.64. The van der Waals surface area contributed by atoms with Crippen LogP contribution in [0.2, 0.25) is 0 Å². The van der Waals surface area contributed by atoms with Crippen LogP contribution in [0, 0.1) is 0 Å². The summed E-state index contributed by atoms with van der Waals surface area (Å²) in [5, 5.41) is 15.8. The van der Waals surface area contributed by atoms with E-state index >= 15 is 0 Å². The molecule has 1 aromatic heterocycles. The highest BCUT2D eigenvalue weighted by Crippen LogP contribution is 2.32. The Balaban J connectivity index is 2.41. The zero-order chi connectivity index (χ0) is 14.7. The Morgan fingerprint density at radius 3 is 2.85 bits per heavy atom. The largest absolute Gasteiger partial charge is 0.496 e. The zero-order valence-electron chi connectivity index (χ0n) is 11.2. The van der Waals surface area contributed by atoms with E-state index in [0.717, 1.165) is 23.3 Å². The minimum atomic E-state index is -0.898. The number of aliphatic carboxylic acids is 1. The maximum atomic E-state index is 10.8. The van der Waals surface area contributed by atoms with E-state index in [4.69, 9.17) is 9.84 Å². The molecule has 2 aromatic rings. The summed E-state index contributed by atoms with van der Waals surface area (Å²) < 4.78 is 5.98. The van der Waals surface area contributed by atoms with Gasteiger partial charge in [0.1, 0.15) is 11.4 Å². The maximum Gasteiger partial charge on any atom is 0.309 e. The monoisotopic (exact) mass is 338 g/mol. The molecule has 0 saturated heterocycles. The van der Waals surface area contributed by atoms with Gasteiger partial charge in [0, 0.05) is 5.56 Å². The van der Waals surface area contributed by atoms with Crippen molar-refractivity contribution in [1.29, 1.82) is 0 Å². The molecule has 0 spiro atoms. The van der Waals surface area contributed by atoms with Gasteiger partial charge in [-0.2, -0.15) is 5.10 Å². The van der Waals surface area contributed by atoms with Crippen molar-refractivity contribution in [3.05, 3.63) is 33.9 Å². The van der Waals surface area contributed by atoms with Gasteiger partial charge in [0.15, 0.2) is 0 Å². The fourth-order valence-electron chi connectivity index (χ4n) is 2.03. The van der Waals surface area contributed by atoms with Crippen molar-refractivity contribution >= 4 is 21.9 Å². The number of ether oxygens (including phenoxy) is 1. The molecule has 6 heteroatoms. The van der Waals surface area contributed by atoms with Crippen LogP contribution in [0.4, 0.5) is 0 Å². The molecule has 20 heavy (non-hydrogen) atoms. The molecule has 0 aliphatic carbocycles. The van der Waals surface area contributed by atoms with Crippen LogP contribution in [0.3, 0.4) is 0 Å². The molecule has 1 aromatic carbocycles. The lowest BCUT2D eigenvalue weighted by Gasteiger charge is -2.08. The number of nitrogens with one attached hydrogen (secondary N) is 1. The Morgan fingerprint density at radius 2 is 2.25 bits per heavy atom. The molecule has 2 N–H and O–H groups in total. The molecule has 2 rings (SSSR count). The second-order valence-corrected chi connectivity index (χ2v) is 5.11. The van der Waals surface area contributed by atoms with E-state index in [1.807, 2.05) is 18.2 Å². The maximum absolute atomic E-state index is 10.8. The van der Waals surface area contributed by atoms with Crippen LogP contribution >= 0.6 is 15.9 Å². The van der Waals surface area contributed by atoms with E-state index in [1.54, 1.807) is 7.11 Å². The van der Waals surface area contributed by atoms with E-state index in [2.05, 4.69) is 33.1 Å². The van der Waals surface area contributed by atoms with Gasteiger partial charge in [-0.15, -0.1) is 0 Å². The molecule has 1 heterocycles. The number of hydrogen-bond donors (Lipinski definition) is 2. The third kappa shape index (κ3) is 2.85. The molecular formula is C14H15BrN2O3. The third-order valence-corrected chi connectivity index (χ3v) is 3.89. The molecule has 0 bridgehead atoms. The second kappa shape index (κ2) is 6.09. The van der Waals surface area contributed by atoms with E-state index < -0.39 is 5.97 Å². The highest BCUT2D eigenvalue weighted by molar-refractivity contribution is 9.10. The van der Waals surface area contributed by atoms with E-state index in [9.17, 15) is 4.79 Å². The zero-order valence-corrected chi connectivity index (χ0v) is 12.8. The van der Waals surface area contributed by atoms with Crippen molar-refractivity contribution in [3.63, 3.8) is 0 Å². The molecule has 106 valence electrons. The summed E-state index contributed by atoms with van der Waals surface area (Å²) >= 11 is 3.41. The smallest absolute Gasteiger partial charge is 0.309 e. The first-order valence-corrected chi connectivity index (χ1v) is 6.98. The Kier molecular flexibility index (Phi) is 4.44. The summed E-state index contributed by atoms with van der Waals surface area (Å²) in [6.45, 7) is 2.05. The van der Waals surface area contributed by atoms with Crippen LogP contribution < -0.4 is 4.74 Å². The van der Waals surface area contributed by atoms with Gasteiger partial charge in [0.25, 0.3) is 0 Å². The molecule has 0 fully saturated rings. The van der Waals surface area contributed by atoms with Gasteiger partial charge in [0.05, 0.1) is 23.7 Å². The van der Waals surface area contributed by atoms with E-state index in [-0.39, 0.29) is 6.42 Å². The summed E-state index contributed by atoms with van der Waals surface area (Å²) in [4.78, 5) is 10.8. The van der Waals surface area contributed by atoms with Gasteiger partial charge in [-0.3, -0.25) is 9.89 Å². The summed E-state index contributed by atoms with van der Waals surface area (Å²) in [6, 6.07) is 5.81. The van der Waals surface area contributed by atoms with Crippen LogP contribution in [0.1, 0.15) is 18.2 Å². The Hall–Kier alpha value is -1.82. The number of benzene rings is 1. The summed E-state index contributed by atoms with van der Waals surface area (Å²) in [5.41, 5.74) is 3.27. The van der Waals surface area contributed by atoms with E-state index in [0.29, 0.717) is 15.9 Å². The summed E-state index contributed by atoms with van der Waals surface area (Å²) in [6.07, 6.45) is 0.755. The van der Waals surface area contributed by atoms with Gasteiger partial charge in [-0.1, -0.05) is 6.92 Å². The van der Waals surface area contributed by atoms with E-state index in [1.165, 1.54) is 0 Å². The topological polar surface area (TPSA) is 75.2 Å². The molecule has 0 radical (unpaired) electrons. The molecule has 0 unspecified atom stereocenters. The van der Waals surface area contributed by atoms with Crippen LogP contribution in [-0.2, 0) is 17.6 Å². The first kappa shape index (κ1) is 14.6. The SMILES string of the molecule is CCc1cc(-c2n[nH]c(CC(=O)O)c2Br)ccc1OC. The average molecular weight is 339 g/mol. The minimum absolute atomic E-state index is 0.0929. The molecule has 5 nitrogen and oxygen atoms in total. The predicted octanol–water partition coefficient (Wildman–Crippen LogP) is 3.04. The number of halogens is 1. The Morgan fingerprint density at radius 1 is 1.50 bits per heavy atom. The first-order chi connectivity index (χ1) is 9.56. The molecule has 0 amide bonds. The number of H-pyrrole nitrogens is 1. The van der Waals surface area contributed by atoms with Crippen molar-refractivity contribution in [3.8, 4) is 17.0 Å². The van der Waals surface area contributed by atoms with Gasteiger partial charge < -0.3 is 9.84 Å². The Bertz CT molecular complexity index is 637. The van der Waals surface area contributed by atoms with Crippen LogP contribution in [0.15, 0.2) is 22.7 Å². The fraction of sp³-hybridized carbons (Fsp3) is 0.286. The number of carboxylic acid groups (broad SMARTS) is 1. The third-order valence-electron chi connectivity index (χ3n) is 3.04. The van der Waals surface area contributed by atoms with Crippen molar-refractivity contribution in [1.82, 2.24) is 10.2 Å². The van der Waals surface area contributed by atoms with Crippen LogP contribution in [0.5, 0.6) is 5.75 Å². The number of aromatic nitrogens is 2. The average Bonchev–Trinajstić information content (AvgIpc) is 2.79. The van der Waals surface area contributed by atoms with Gasteiger partial charge in [-0.05, 0) is 46.1 Å². The van der Waals surface area contributed by atoms with Gasteiger partial charge >= 0.3 is 5.97 Å². The fourth-order valence-corrected chi connectivity index (χ4v) is 2.57. The predicted molar refractivity (Wildman–Crippen MR) is 79.0 cm³/mol. The number of aromatic amines is 1. The number of methoxy groups -OCH3 is 1. The van der Waals surface area contributed by atoms with Crippen molar-refractivity contribution < 1.29 is 14.6 Å². The molecule has 0 atom stereocenters. The first-order valence-electron chi connectivity index (χ1n) is 6.18. The highest BCUT2D eigenvalue weighted by Gasteiger charge is 2.15. The van der Waals surface area contributed by atoms with Gasteiger partial charge in [0.2, 0.25) is 0 Å².